The maximum atomic E-state index is 9.11. The van der Waals surface area contributed by atoms with Crippen LogP contribution in [-0.4, -0.2) is 41.0 Å². The van der Waals surface area contributed by atoms with Crippen molar-refractivity contribution in [1.82, 2.24) is 9.97 Å². The smallest absolute Gasteiger partial charge is 0.190 e. The van der Waals surface area contributed by atoms with Gasteiger partial charge in [0.15, 0.2) is 5.16 Å². The molecule has 1 aliphatic heterocycles. The molecule has 0 bridgehead atoms. The summed E-state index contributed by atoms with van der Waals surface area (Å²) in [5.74, 6) is 1.33. The Labute approximate surface area is 110 Å². The molecule has 0 radical (unpaired) electrons. The fourth-order valence-corrected chi connectivity index (χ4v) is 2.59. The molecule has 6 heteroatoms. The minimum atomic E-state index is 0.286. The van der Waals surface area contributed by atoms with Crippen LogP contribution in [-0.2, 0) is 0 Å². The summed E-state index contributed by atoms with van der Waals surface area (Å²) < 4.78 is 0. The highest BCUT2D eigenvalue weighted by Gasteiger charge is 2.20. The number of thioether (sulfide) groups is 1. The van der Waals surface area contributed by atoms with Crippen molar-refractivity contribution in [2.24, 2.45) is 5.92 Å². The number of rotatable bonds is 3. The second kappa shape index (κ2) is 5.89. The van der Waals surface area contributed by atoms with Gasteiger partial charge in [-0.15, -0.1) is 0 Å². The van der Waals surface area contributed by atoms with E-state index in [0.29, 0.717) is 16.2 Å². The Bertz CT molecular complexity index is 383. The topological polar surface area (TPSA) is 49.2 Å². The molecule has 0 atom stereocenters. The van der Waals surface area contributed by atoms with Gasteiger partial charge in [-0.1, -0.05) is 23.4 Å². The van der Waals surface area contributed by atoms with Gasteiger partial charge >= 0.3 is 0 Å². The lowest BCUT2D eigenvalue weighted by Crippen LogP contribution is -2.35. The molecule has 17 heavy (non-hydrogen) atoms. The fourth-order valence-electron chi connectivity index (χ4n) is 1.98. The molecule has 0 aliphatic carbocycles. The van der Waals surface area contributed by atoms with Crippen LogP contribution in [0.3, 0.4) is 0 Å². The summed E-state index contributed by atoms with van der Waals surface area (Å²) in [7, 11) is 0. The molecule has 1 N–H and O–H groups in total. The Morgan fingerprint density at radius 3 is 2.76 bits per heavy atom. The van der Waals surface area contributed by atoms with Gasteiger partial charge in [0.25, 0.3) is 0 Å². The van der Waals surface area contributed by atoms with E-state index in [1.54, 1.807) is 6.07 Å². The number of piperidine rings is 1. The summed E-state index contributed by atoms with van der Waals surface area (Å²) in [6, 6.07) is 1.81. The zero-order valence-corrected chi connectivity index (χ0v) is 11.3. The number of hydrogen-bond acceptors (Lipinski definition) is 5. The van der Waals surface area contributed by atoms with Crippen LogP contribution in [0, 0.1) is 5.92 Å². The molecular formula is C11H16ClN3OS. The Balaban J connectivity index is 2.10. The van der Waals surface area contributed by atoms with Gasteiger partial charge in [-0.2, -0.15) is 0 Å². The first kappa shape index (κ1) is 12.9. The molecular weight excluding hydrogens is 258 g/mol. The lowest BCUT2D eigenvalue weighted by Gasteiger charge is -2.32. The van der Waals surface area contributed by atoms with E-state index in [1.165, 1.54) is 11.8 Å². The summed E-state index contributed by atoms with van der Waals surface area (Å²) in [6.07, 6.45) is 3.95. The highest BCUT2D eigenvalue weighted by atomic mass is 35.5. The molecule has 1 fully saturated rings. The van der Waals surface area contributed by atoms with Crippen LogP contribution < -0.4 is 4.90 Å². The van der Waals surface area contributed by atoms with Crippen LogP contribution in [0.25, 0.3) is 0 Å². The van der Waals surface area contributed by atoms with Crippen LogP contribution in [0.1, 0.15) is 12.8 Å². The van der Waals surface area contributed by atoms with Crippen molar-refractivity contribution >= 4 is 29.2 Å². The highest BCUT2D eigenvalue weighted by molar-refractivity contribution is 7.98. The van der Waals surface area contributed by atoms with Gasteiger partial charge in [-0.25, -0.2) is 9.97 Å². The largest absolute Gasteiger partial charge is 0.396 e. The van der Waals surface area contributed by atoms with Gasteiger partial charge in [0.05, 0.1) is 0 Å². The zero-order valence-electron chi connectivity index (χ0n) is 9.77. The van der Waals surface area contributed by atoms with Crippen molar-refractivity contribution in [3.8, 4) is 0 Å². The molecule has 2 rings (SSSR count). The van der Waals surface area contributed by atoms with Crippen LogP contribution in [0.2, 0.25) is 5.15 Å². The molecule has 1 saturated heterocycles. The van der Waals surface area contributed by atoms with Gasteiger partial charge in [0.2, 0.25) is 0 Å². The average molecular weight is 274 g/mol. The van der Waals surface area contributed by atoms with Gasteiger partial charge < -0.3 is 10.0 Å². The highest BCUT2D eigenvalue weighted by Crippen LogP contribution is 2.25. The van der Waals surface area contributed by atoms with Crippen LogP contribution in [0.4, 0.5) is 5.82 Å². The number of aliphatic hydroxyl groups is 1. The van der Waals surface area contributed by atoms with E-state index in [2.05, 4.69) is 14.9 Å². The number of halogens is 1. The standard InChI is InChI=1S/C11H16ClN3OS/c1-17-11-13-9(12)6-10(14-11)15-4-2-8(7-16)3-5-15/h6,8,16H,2-5,7H2,1H3. The van der Waals surface area contributed by atoms with E-state index >= 15 is 0 Å². The van der Waals surface area contributed by atoms with Crippen molar-refractivity contribution in [2.75, 3.05) is 30.9 Å². The van der Waals surface area contributed by atoms with Crippen LogP contribution >= 0.6 is 23.4 Å². The summed E-state index contributed by atoms with van der Waals surface area (Å²) >= 11 is 7.47. The van der Waals surface area contributed by atoms with Crippen LogP contribution in [0.15, 0.2) is 11.2 Å². The Morgan fingerprint density at radius 1 is 1.47 bits per heavy atom. The van der Waals surface area contributed by atoms with E-state index in [9.17, 15) is 0 Å². The van der Waals surface area contributed by atoms with Crippen molar-refractivity contribution in [3.63, 3.8) is 0 Å². The Hall–Kier alpha value is -0.520. The molecule has 4 nitrogen and oxygen atoms in total. The number of anilines is 1. The van der Waals surface area contributed by atoms with Gasteiger partial charge in [0.1, 0.15) is 11.0 Å². The van der Waals surface area contributed by atoms with Crippen LogP contribution in [0.5, 0.6) is 0 Å². The number of nitrogens with zero attached hydrogens (tertiary/aromatic N) is 3. The molecule has 94 valence electrons. The molecule has 1 aromatic rings. The van der Waals surface area contributed by atoms with E-state index in [0.717, 1.165) is 31.7 Å². The molecule has 0 aromatic carbocycles. The van der Waals surface area contributed by atoms with Crippen molar-refractivity contribution in [2.45, 2.75) is 18.0 Å². The third-order valence-corrected chi connectivity index (χ3v) is 3.78. The molecule has 1 aromatic heterocycles. The van der Waals surface area contributed by atoms with Gasteiger partial charge in [0, 0.05) is 25.8 Å². The first-order valence-corrected chi connectivity index (χ1v) is 7.27. The van der Waals surface area contributed by atoms with E-state index in [1.807, 2.05) is 6.26 Å². The average Bonchev–Trinajstić information content (AvgIpc) is 2.38. The first-order valence-electron chi connectivity index (χ1n) is 5.67. The second-order valence-corrected chi connectivity index (χ2v) is 5.31. The normalized spacial score (nSPS) is 17.5. The third kappa shape index (κ3) is 3.24. The Kier molecular flexibility index (Phi) is 4.48. The maximum absolute atomic E-state index is 9.11. The predicted octanol–water partition coefficient (Wildman–Crippen LogP) is 2.06. The zero-order chi connectivity index (χ0) is 12.3. The summed E-state index contributed by atoms with van der Waals surface area (Å²) in [6.45, 7) is 2.13. The monoisotopic (exact) mass is 273 g/mol. The lowest BCUT2D eigenvalue weighted by atomic mass is 9.98. The summed E-state index contributed by atoms with van der Waals surface area (Å²) in [5, 5.41) is 10.3. The van der Waals surface area contributed by atoms with Crippen molar-refractivity contribution < 1.29 is 5.11 Å². The van der Waals surface area contributed by atoms with E-state index < -0.39 is 0 Å². The van der Waals surface area contributed by atoms with Gasteiger partial charge in [-0.3, -0.25) is 0 Å². The number of aliphatic hydroxyl groups excluding tert-OH is 1. The molecule has 0 saturated carbocycles. The maximum Gasteiger partial charge on any atom is 0.190 e. The lowest BCUT2D eigenvalue weighted by molar-refractivity contribution is 0.202. The molecule has 0 unspecified atom stereocenters. The van der Waals surface area contributed by atoms with Crippen molar-refractivity contribution in [3.05, 3.63) is 11.2 Å². The number of aromatic nitrogens is 2. The molecule has 2 heterocycles. The third-order valence-electron chi connectivity index (χ3n) is 3.04. The minimum Gasteiger partial charge on any atom is -0.396 e. The Morgan fingerprint density at radius 2 is 2.18 bits per heavy atom. The first-order chi connectivity index (χ1) is 8.22. The summed E-state index contributed by atoms with van der Waals surface area (Å²) in [5.41, 5.74) is 0. The minimum absolute atomic E-state index is 0.286. The molecule has 1 aliphatic rings. The quantitative estimate of drug-likeness (QED) is 0.519. The van der Waals surface area contributed by atoms with Gasteiger partial charge in [-0.05, 0) is 25.0 Å². The van der Waals surface area contributed by atoms with E-state index in [-0.39, 0.29) is 6.61 Å². The molecule has 0 spiro atoms. The summed E-state index contributed by atoms with van der Waals surface area (Å²) in [4.78, 5) is 10.8. The molecule has 0 amide bonds. The second-order valence-electron chi connectivity index (χ2n) is 4.15. The van der Waals surface area contributed by atoms with E-state index in [4.69, 9.17) is 16.7 Å². The SMILES string of the molecule is CSc1nc(Cl)cc(N2CCC(CO)CC2)n1. The predicted molar refractivity (Wildman–Crippen MR) is 70.8 cm³/mol. The fraction of sp³-hybridized carbons (Fsp3) is 0.636. The van der Waals surface area contributed by atoms with Crippen molar-refractivity contribution in [1.29, 1.82) is 0 Å². The number of hydrogen-bond donors (Lipinski definition) is 1.